The fourth-order valence-corrected chi connectivity index (χ4v) is 4.47. The Hall–Kier alpha value is -1.04. The zero-order chi connectivity index (χ0) is 14.4. The van der Waals surface area contributed by atoms with Gasteiger partial charge in [-0.3, -0.25) is 9.13 Å². The van der Waals surface area contributed by atoms with Crippen molar-refractivity contribution in [3.8, 4) is 0 Å². The van der Waals surface area contributed by atoms with Crippen LogP contribution in [0.4, 0.5) is 0 Å². The Morgan fingerprint density at radius 2 is 1.90 bits per heavy atom. The Balaban J connectivity index is 2.17. The first kappa shape index (κ1) is 13.9. The molecule has 3 rings (SSSR count). The van der Waals surface area contributed by atoms with Gasteiger partial charge in [-0.05, 0) is 29.1 Å². The summed E-state index contributed by atoms with van der Waals surface area (Å²) in [6.45, 7) is 0. The zero-order valence-electron chi connectivity index (χ0n) is 10.9. The average molecular weight is 372 g/mol. The average Bonchev–Trinajstić information content (AvgIpc) is 2.97. The van der Waals surface area contributed by atoms with E-state index in [9.17, 15) is 4.79 Å². The summed E-state index contributed by atoms with van der Waals surface area (Å²) in [4.78, 5) is 13.1. The molecule has 0 bridgehead atoms. The predicted molar refractivity (Wildman–Crippen MR) is 88.3 cm³/mol. The van der Waals surface area contributed by atoms with Crippen molar-refractivity contribution in [3.05, 3.63) is 55.6 Å². The van der Waals surface area contributed by atoms with Gasteiger partial charge < -0.3 is 0 Å². The largest absolute Gasteiger partial charge is 0.328 e. The van der Waals surface area contributed by atoms with Crippen molar-refractivity contribution in [2.75, 3.05) is 0 Å². The maximum Gasteiger partial charge on any atom is 0.328 e. The molecule has 0 saturated heterocycles. The molecule has 0 aliphatic carbocycles. The van der Waals surface area contributed by atoms with E-state index in [1.165, 1.54) is 0 Å². The normalized spacial score (nSPS) is 13.0. The van der Waals surface area contributed by atoms with Gasteiger partial charge in [0, 0.05) is 19.0 Å². The quantitative estimate of drug-likeness (QED) is 0.624. The molecular weight excluding hydrogens is 360 g/mol. The van der Waals surface area contributed by atoms with Crippen LogP contribution in [0.2, 0.25) is 5.02 Å². The van der Waals surface area contributed by atoms with Gasteiger partial charge in [0.25, 0.3) is 0 Å². The van der Waals surface area contributed by atoms with Crippen LogP contribution in [-0.4, -0.2) is 9.13 Å². The number of alkyl halides is 1. The first-order valence-corrected chi connectivity index (χ1v) is 8.20. The van der Waals surface area contributed by atoms with Gasteiger partial charge in [-0.25, -0.2) is 4.79 Å². The highest BCUT2D eigenvalue weighted by molar-refractivity contribution is 9.09. The van der Waals surface area contributed by atoms with Crippen molar-refractivity contribution < 1.29 is 0 Å². The Labute approximate surface area is 133 Å². The molecule has 1 aromatic carbocycles. The highest BCUT2D eigenvalue weighted by atomic mass is 79.9. The van der Waals surface area contributed by atoms with Crippen LogP contribution < -0.4 is 5.69 Å². The van der Waals surface area contributed by atoms with Crippen LogP contribution in [0, 0.1) is 0 Å². The second kappa shape index (κ2) is 5.06. The van der Waals surface area contributed by atoms with E-state index in [0.29, 0.717) is 0 Å². The number of hydrogen-bond acceptors (Lipinski definition) is 2. The van der Waals surface area contributed by atoms with Crippen LogP contribution in [0.3, 0.4) is 0 Å². The van der Waals surface area contributed by atoms with Crippen molar-refractivity contribution in [3.63, 3.8) is 0 Å². The van der Waals surface area contributed by atoms with Gasteiger partial charge in [0.15, 0.2) is 0 Å². The van der Waals surface area contributed by atoms with Gasteiger partial charge in [-0.2, -0.15) is 0 Å². The monoisotopic (exact) mass is 370 g/mol. The Morgan fingerprint density at radius 3 is 2.55 bits per heavy atom. The third-order valence-electron chi connectivity index (χ3n) is 3.46. The number of thiophene rings is 1. The van der Waals surface area contributed by atoms with Crippen molar-refractivity contribution in [2.24, 2.45) is 14.1 Å². The summed E-state index contributed by atoms with van der Waals surface area (Å²) in [6.07, 6.45) is 0. The van der Waals surface area contributed by atoms with Crippen LogP contribution in [0.1, 0.15) is 15.3 Å². The maximum absolute atomic E-state index is 11.9. The lowest BCUT2D eigenvalue weighted by Crippen LogP contribution is -2.19. The molecule has 0 radical (unpaired) electrons. The number of aryl methyl sites for hydroxylation is 2. The summed E-state index contributed by atoms with van der Waals surface area (Å²) >= 11 is 11.5. The lowest BCUT2D eigenvalue weighted by atomic mass is 10.1. The lowest BCUT2D eigenvalue weighted by molar-refractivity contribution is 0.795. The molecule has 1 atom stereocenters. The van der Waals surface area contributed by atoms with Crippen LogP contribution in [0.15, 0.2) is 34.4 Å². The SMILES string of the molecule is Cn1c(=O)n(C)c2cc(C(Br)c3sccc3Cl)ccc21. The second-order valence-electron chi connectivity index (χ2n) is 4.64. The summed E-state index contributed by atoms with van der Waals surface area (Å²) in [6, 6.07) is 7.93. The van der Waals surface area contributed by atoms with Gasteiger partial charge in [-0.1, -0.05) is 33.6 Å². The Bertz CT molecular complexity index is 849. The molecule has 104 valence electrons. The molecule has 2 aromatic heterocycles. The van der Waals surface area contributed by atoms with Gasteiger partial charge in [0.05, 0.1) is 20.9 Å². The maximum atomic E-state index is 11.9. The molecule has 0 N–H and O–H groups in total. The highest BCUT2D eigenvalue weighted by Crippen LogP contribution is 2.39. The molecule has 3 nitrogen and oxygen atoms in total. The minimum absolute atomic E-state index is 0.0163. The zero-order valence-corrected chi connectivity index (χ0v) is 14.1. The van der Waals surface area contributed by atoms with Crippen molar-refractivity contribution >= 4 is 49.9 Å². The second-order valence-corrected chi connectivity index (χ2v) is 6.91. The van der Waals surface area contributed by atoms with E-state index < -0.39 is 0 Å². The van der Waals surface area contributed by atoms with Crippen molar-refractivity contribution in [1.82, 2.24) is 9.13 Å². The first-order chi connectivity index (χ1) is 9.50. The van der Waals surface area contributed by atoms with Crippen molar-refractivity contribution in [2.45, 2.75) is 4.83 Å². The third-order valence-corrected chi connectivity index (χ3v) is 6.18. The first-order valence-electron chi connectivity index (χ1n) is 6.03. The van der Waals surface area contributed by atoms with E-state index in [1.807, 2.05) is 29.6 Å². The molecular formula is C14H12BrClN2OS. The van der Waals surface area contributed by atoms with E-state index in [-0.39, 0.29) is 10.5 Å². The predicted octanol–water partition coefficient (Wildman–Crippen LogP) is 4.08. The molecule has 6 heteroatoms. The molecule has 0 aliphatic rings. The summed E-state index contributed by atoms with van der Waals surface area (Å²) < 4.78 is 3.31. The van der Waals surface area contributed by atoms with Gasteiger partial charge >= 0.3 is 5.69 Å². The molecule has 2 heterocycles. The number of benzene rings is 1. The molecule has 1 unspecified atom stereocenters. The number of hydrogen-bond donors (Lipinski definition) is 0. The van der Waals surface area contributed by atoms with Crippen molar-refractivity contribution in [1.29, 1.82) is 0 Å². The van der Waals surface area contributed by atoms with E-state index >= 15 is 0 Å². The van der Waals surface area contributed by atoms with Gasteiger partial charge in [0.1, 0.15) is 0 Å². The number of halogens is 2. The molecule has 0 spiro atoms. The van der Waals surface area contributed by atoms with E-state index in [0.717, 1.165) is 26.5 Å². The third kappa shape index (κ3) is 2.05. The van der Waals surface area contributed by atoms with Crippen LogP contribution in [0.5, 0.6) is 0 Å². The molecule has 3 aromatic rings. The summed E-state index contributed by atoms with van der Waals surface area (Å²) in [5.74, 6) is 0. The molecule has 0 aliphatic heterocycles. The minimum Gasteiger partial charge on any atom is -0.295 e. The minimum atomic E-state index is -0.0163. The van der Waals surface area contributed by atoms with E-state index in [1.54, 1.807) is 34.6 Å². The highest BCUT2D eigenvalue weighted by Gasteiger charge is 2.17. The fraction of sp³-hybridized carbons (Fsp3) is 0.214. The van der Waals surface area contributed by atoms with Crippen LogP contribution in [0.25, 0.3) is 11.0 Å². The number of rotatable bonds is 2. The summed E-state index contributed by atoms with van der Waals surface area (Å²) in [5, 5.41) is 2.74. The van der Waals surface area contributed by atoms with Crippen LogP contribution in [-0.2, 0) is 14.1 Å². The standard InChI is InChI=1S/C14H12BrClN2OS/c1-17-10-4-3-8(7-11(10)18(2)14(17)19)12(15)13-9(16)5-6-20-13/h3-7,12H,1-2H3. The summed E-state index contributed by atoms with van der Waals surface area (Å²) in [7, 11) is 3.57. The van der Waals surface area contributed by atoms with Gasteiger partial charge in [-0.15, -0.1) is 11.3 Å². The lowest BCUT2D eigenvalue weighted by Gasteiger charge is -2.09. The number of aromatic nitrogens is 2. The van der Waals surface area contributed by atoms with E-state index in [2.05, 4.69) is 15.9 Å². The molecule has 0 saturated carbocycles. The number of fused-ring (bicyclic) bond motifs is 1. The molecule has 20 heavy (non-hydrogen) atoms. The topological polar surface area (TPSA) is 26.9 Å². The number of imidazole rings is 1. The van der Waals surface area contributed by atoms with Crippen LogP contribution >= 0.6 is 38.9 Å². The Morgan fingerprint density at radius 1 is 1.20 bits per heavy atom. The number of nitrogens with zero attached hydrogens (tertiary/aromatic N) is 2. The molecule has 0 amide bonds. The molecule has 0 fully saturated rings. The summed E-state index contributed by atoms with van der Waals surface area (Å²) in [5.41, 5.74) is 2.92. The van der Waals surface area contributed by atoms with Gasteiger partial charge in [0.2, 0.25) is 0 Å². The smallest absolute Gasteiger partial charge is 0.295 e. The van der Waals surface area contributed by atoms with E-state index in [4.69, 9.17) is 11.6 Å². The fourth-order valence-electron chi connectivity index (χ4n) is 2.32. The Kier molecular flexibility index (Phi) is 3.52.